The summed E-state index contributed by atoms with van der Waals surface area (Å²) in [7, 11) is 3.33. The lowest BCUT2D eigenvalue weighted by Crippen LogP contribution is -2.41. The van der Waals surface area contributed by atoms with E-state index in [9.17, 15) is 13.6 Å². The molecule has 27 heavy (non-hydrogen) atoms. The maximum absolute atomic E-state index is 13.5. The number of benzene rings is 2. The third kappa shape index (κ3) is 4.27. The number of methoxy groups -OCH3 is 1. The van der Waals surface area contributed by atoms with Gasteiger partial charge in [-0.3, -0.25) is 9.69 Å². The maximum atomic E-state index is 13.5. The van der Waals surface area contributed by atoms with Gasteiger partial charge in [0.05, 0.1) is 19.7 Å². The fourth-order valence-corrected chi connectivity index (χ4v) is 3.37. The van der Waals surface area contributed by atoms with Crippen molar-refractivity contribution in [3.63, 3.8) is 0 Å². The summed E-state index contributed by atoms with van der Waals surface area (Å²) >= 11 is 0. The molecule has 0 spiro atoms. The van der Waals surface area contributed by atoms with Gasteiger partial charge >= 0.3 is 0 Å². The van der Waals surface area contributed by atoms with Crippen LogP contribution >= 0.6 is 0 Å². The molecule has 0 saturated heterocycles. The zero-order chi connectivity index (χ0) is 19.6. The van der Waals surface area contributed by atoms with Crippen LogP contribution in [0.2, 0.25) is 0 Å². The summed E-state index contributed by atoms with van der Waals surface area (Å²) < 4.78 is 31.9. The molecule has 2 aromatic carbocycles. The van der Waals surface area contributed by atoms with Crippen LogP contribution in [0, 0.1) is 11.6 Å². The molecule has 1 unspecified atom stereocenters. The molecular formula is C21H24F2N2O2. The summed E-state index contributed by atoms with van der Waals surface area (Å²) in [6.45, 7) is 3.58. The maximum Gasteiger partial charge on any atom is 0.237 e. The third-order valence-corrected chi connectivity index (χ3v) is 5.26. The Morgan fingerprint density at radius 1 is 1.19 bits per heavy atom. The molecule has 1 amide bonds. The molecule has 3 rings (SSSR count). The largest absolute Gasteiger partial charge is 0.497 e. The van der Waals surface area contributed by atoms with Gasteiger partial charge in [0.15, 0.2) is 11.6 Å². The number of nitrogens with zero attached hydrogens (tertiary/aromatic N) is 2. The number of amides is 1. The van der Waals surface area contributed by atoms with Crippen molar-refractivity contribution in [1.82, 2.24) is 9.80 Å². The summed E-state index contributed by atoms with van der Waals surface area (Å²) in [4.78, 5) is 16.4. The fraction of sp³-hybridized carbons (Fsp3) is 0.381. The van der Waals surface area contributed by atoms with E-state index in [0.717, 1.165) is 30.8 Å². The Balaban J connectivity index is 1.65. The first-order valence-electron chi connectivity index (χ1n) is 8.97. The molecule has 1 atom stereocenters. The number of carbonyl (C=O) groups excluding carboxylic acids is 1. The fourth-order valence-electron chi connectivity index (χ4n) is 3.37. The molecule has 0 N–H and O–H groups in total. The highest BCUT2D eigenvalue weighted by molar-refractivity contribution is 5.78. The summed E-state index contributed by atoms with van der Waals surface area (Å²) in [5.74, 6) is -1.03. The molecule has 0 fully saturated rings. The zero-order valence-electron chi connectivity index (χ0n) is 15.8. The van der Waals surface area contributed by atoms with Gasteiger partial charge in [-0.25, -0.2) is 8.78 Å². The van der Waals surface area contributed by atoms with E-state index in [1.54, 1.807) is 26.0 Å². The molecule has 1 heterocycles. The van der Waals surface area contributed by atoms with E-state index in [1.165, 1.54) is 17.2 Å². The average molecular weight is 374 g/mol. The zero-order valence-corrected chi connectivity index (χ0v) is 15.8. The molecule has 2 aromatic rings. The van der Waals surface area contributed by atoms with Crippen LogP contribution in [0.1, 0.15) is 29.7 Å². The molecule has 0 aliphatic carbocycles. The van der Waals surface area contributed by atoms with Crippen LogP contribution in [-0.4, -0.2) is 43.0 Å². The lowest BCUT2D eigenvalue weighted by molar-refractivity contribution is -0.133. The number of ether oxygens (including phenoxy) is 1. The van der Waals surface area contributed by atoms with E-state index in [-0.39, 0.29) is 18.5 Å². The van der Waals surface area contributed by atoms with Gasteiger partial charge in [-0.15, -0.1) is 0 Å². The Bertz CT molecular complexity index is 841. The Morgan fingerprint density at radius 2 is 1.96 bits per heavy atom. The Labute approximate surface area is 158 Å². The lowest BCUT2D eigenvalue weighted by atomic mass is 9.99. The van der Waals surface area contributed by atoms with Crippen LogP contribution in [0.4, 0.5) is 8.78 Å². The highest BCUT2D eigenvalue weighted by atomic mass is 19.2. The van der Waals surface area contributed by atoms with Gasteiger partial charge < -0.3 is 9.64 Å². The molecule has 0 radical (unpaired) electrons. The number of carbonyl (C=O) groups is 1. The van der Waals surface area contributed by atoms with Gasteiger partial charge in [0.1, 0.15) is 5.75 Å². The van der Waals surface area contributed by atoms with E-state index in [1.807, 2.05) is 12.1 Å². The molecule has 0 aromatic heterocycles. The SMILES string of the molecule is COc1ccc2c(c1)CN(CC(=O)N(C)C(C)c1ccc(F)c(F)c1)CC2. The number of halogens is 2. The first kappa shape index (κ1) is 19.3. The Kier molecular flexibility index (Phi) is 5.75. The monoisotopic (exact) mass is 374 g/mol. The highest BCUT2D eigenvalue weighted by Crippen LogP contribution is 2.25. The Morgan fingerprint density at radius 3 is 2.67 bits per heavy atom. The van der Waals surface area contributed by atoms with Crippen molar-refractivity contribution >= 4 is 5.91 Å². The number of fused-ring (bicyclic) bond motifs is 1. The molecule has 1 aliphatic rings. The van der Waals surface area contributed by atoms with Gasteiger partial charge in [0.2, 0.25) is 5.91 Å². The van der Waals surface area contributed by atoms with Crippen molar-refractivity contribution < 1.29 is 18.3 Å². The summed E-state index contributed by atoms with van der Waals surface area (Å²) in [6.07, 6.45) is 0.884. The third-order valence-electron chi connectivity index (χ3n) is 5.26. The summed E-state index contributed by atoms with van der Waals surface area (Å²) in [5, 5.41) is 0. The second kappa shape index (κ2) is 8.05. The summed E-state index contributed by atoms with van der Waals surface area (Å²) in [5.41, 5.74) is 3.02. The van der Waals surface area contributed by atoms with Crippen LogP contribution in [0.15, 0.2) is 36.4 Å². The van der Waals surface area contributed by atoms with E-state index in [2.05, 4.69) is 11.0 Å². The summed E-state index contributed by atoms with van der Waals surface area (Å²) in [6, 6.07) is 9.45. The molecule has 6 heteroatoms. The smallest absolute Gasteiger partial charge is 0.237 e. The van der Waals surface area contributed by atoms with Crippen molar-refractivity contribution in [3.05, 3.63) is 64.7 Å². The second-order valence-corrected chi connectivity index (χ2v) is 6.95. The van der Waals surface area contributed by atoms with Crippen LogP contribution in [-0.2, 0) is 17.8 Å². The predicted molar refractivity (Wildman–Crippen MR) is 99.5 cm³/mol. The normalized spacial score (nSPS) is 15.1. The molecule has 1 aliphatic heterocycles. The first-order valence-corrected chi connectivity index (χ1v) is 8.97. The van der Waals surface area contributed by atoms with Gasteiger partial charge in [0.25, 0.3) is 0 Å². The van der Waals surface area contributed by atoms with Crippen LogP contribution in [0.25, 0.3) is 0 Å². The number of rotatable bonds is 5. The molecule has 0 saturated carbocycles. The Hall–Kier alpha value is -2.47. The van der Waals surface area contributed by atoms with Crippen LogP contribution in [0.5, 0.6) is 5.75 Å². The molecule has 4 nitrogen and oxygen atoms in total. The minimum atomic E-state index is -0.901. The van der Waals surface area contributed by atoms with Gasteiger partial charge in [-0.2, -0.15) is 0 Å². The number of hydrogen-bond acceptors (Lipinski definition) is 3. The van der Waals surface area contributed by atoms with E-state index in [0.29, 0.717) is 12.1 Å². The first-order chi connectivity index (χ1) is 12.9. The van der Waals surface area contributed by atoms with Crippen molar-refractivity contribution in [1.29, 1.82) is 0 Å². The number of hydrogen-bond donors (Lipinski definition) is 0. The number of likely N-dealkylation sites (N-methyl/N-ethyl adjacent to an activating group) is 1. The molecule has 144 valence electrons. The van der Waals surface area contributed by atoms with Gasteiger partial charge in [-0.1, -0.05) is 12.1 Å². The quantitative estimate of drug-likeness (QED) is 0.802. The van der Waals surface area contributed by atoms with E-state index < -0.39 is 11.6 Å². The lowest BCUT2D eigenvalue weighted by Gasteiger charge is -2.32. The standard InChI is InChI=1S/C21H24F2N2O2/c1-14(16-5-7-19(22)20(23)11-16)24(2)21(26)13-25-9-8-15-4-6-18(27-3)10-17(15)12-25/h4-7,10-11,14H,8-9,12-13H2,1-3H3. The minimum absolute atomic E-state index is 0.0569. The van der Waals surface area contributed by atoms with Crippen molar-refractivity contribution in [2.75, 3.05) is 27.2 Å². The topological polar surface area (TPSA) is 32.8 Å². The van der Waals surface area contributed by atoms with Crippen LogP contribution in [0.3, 0.4) is 0 Å². The molecule has 0 bridgehead atoms. The van der Waals surface area contributed by atoms with Crippen molar-refractivity contribution in [2.24, 2.45) is 0 Å². The van der Waals surface area contributed by atoms with Gasteiger partial charge in [0, 0.05) is 20.1 Å². The van der Waals surface area contributed by atoms with Crippen molar-refractivity contribution in [2.45, 2.75) is 25.9 Å². The predicted octanol–water partition coefficient (Wildman–Crippen LogP) is 3.55. The van der Waals surface area contributed by atoms with E-state index >= 15 is 0 Å². The van der Waals surface area contributed by atoms with Crippen molar-refractivity contribution in [3.8, 4) is 5.75 Å². The van der Waals surface area contributed by atoms with E-state index in [4.69, 9.17) is 4.74 Å². The average Bonchev–Trinajstić information content (AvgIpc) is 2.68. The highest BCUT2D eigenvalue weighted by Gasteiger charge is 2.23. The minimum Gasteiger partial charge on any atom is -0.497 e. The second-order valence-electron chi connectivity index (χ2n) is 6.95. The molecular weight excluding hydrogens is 350 g/mol. The van der Waals surface area contributed by atoms with Gasteiger partial charge in [-0.05, 0) is 54.3 Å². The van der Waals surface area contributed by atoms with Crippen LogP contribution < -0.4 is 4.74 Å².